The Balaban J connectivity index is 1.61. The molecule has 0 saturated heterocycles. The Morgan fingerprint density at radius 1 is 0.895 bits per heavy atom. The van der Waals surface area contributed by atoms with E-state index in [1.807, 2.05) is 0 Å². The first-order valence-corrected chi connectivity index (χ1v) is 7.25. The largest absolute Gasteiger partial charge is 0.393 e. The molecule has 0 radical (unpaired) electrons. The standard InChI is InChI=1S/C14H18F4O/c15-13(16)14(17,18)9-3-5-1-7(9)11-6-2-8(12(5)11)10(19)4-6/h5-13,19H,1-4H2. The van der Waals surface area contributed by atoms with Crippen LogP contribution in [0.5, 0.6) is 0 Å². The predicted octanol–water partition coefficient (Wildman–Crippen LogP) is 3.18. The van der Waals surface area contributed by atoms with Gasteiger partial charge in [0.25, 0.3) is 0 Å². The number of halogens is 4. The zero-order valence-electron chi connectivity index (χ0n) is 10.5. The van der Waals surface area contributed by atoms with E-state index < -0.39 is 18.3 Å². The molecule has 0 spiro atoms. The third-order valence-electron chi connectivity index (χ3n) is 6.57. The molecule has 4 aliphatic carbocycles. The van der Waals surface area contributed by atoms with Crippen molar-refractivity contribution in [2.45, 2.75) is 44.1 Å². The van der Waals surface area contributed by atoms with Crippen LogP contribution in [0.25, 0.3) is 0 Å². The average molecular weight is 278 g/mol. The summed E-state index contributed by atoms with van der Waals surface area (Å²) in [4.78, 5) is 0. The van der Waals surface area contributed by atoms with E-state index >= 15 is 0 Å². The molecule has 4 fully saturated rings. The van der Waals surface area contributed by atoms with Gasteiger partial charge in [-0.05, 0) is 61.2 Å². The van der Waals surface area contributed by atoms with Crippen molar-refractivity contribution in [1.82, 2.24) is 0 Å². The quantitative estimate of drug-likeness (QED) is 0.607. The predicted molar refractivity (Wildman–Crippen MR) is 59.9 cm³/mol. The number of alkyl halides is 4. The van der Waals surface area contributed by atoms with Gasteiger partial charge in [0.05, 0.1) is 6.10 Å². The van der Waals surface area contributed by atoms with Gasteiger partial charge in [0.2, 0.25) is 0 Å². The van der Waals surface area contributed by atoms with Gasteiger partial charge in [-0.3, -0.25) is 0 Å². The minimum absolute atomic E-state index is 0.148. The van der Waals surface area contributed by atoms with Crippen LogP contribution in [0.2, 0.25) is 0 Å². The smallest absolute Gasteiger partial charge is 0.310 e. The summed E-state index contributed by atoms with van der Waals surface area (Å²) in [6, 6.07) is 0. The molecule has 4 bridgehead atoms. The van der Waals surface area contributed by atoms with Crippen molar-refractivity contribution < 1.29 is 22.7 Å². The number of hydrogen-bond acceptors (Lipinski definition) is 1. The van der Waals surface area contributed by atoms with Gasteiger partial charge in [-0.1, -0.05) is 0 Å². The highest BCUT2D eigenvalue weighted by Gasteiger charge is 2.69. The minimum Gasteiger partial charge on any atom is -0.393 e. The van der Waals surface area contributed by atoms with E-state index in [1.54, 1.807) is 0 Å². The normalized spacial score (nSPS) is 55.3. The van der Waals surface area contributed by atoms with Crippen molar-refractivity contribution in [2.75, 3.05) is 0 Å². The van der Waals surface area contributed by atoms with Gasteiger partial charge >= 0.3 is 12.3 Å². The summed E-state index contributed by atoms with van der Waals surface area (Å²) >= 11 is 0. The molecule has 19 heavy (non-hydrogen) atoms. The van der Waals surface area contributed by atoms with Crippen molar-refractivity contribution >= 4 is 0 Å². The third kappa shape index (κ3) is 1.40. The van der Waals surface area contributed by atoms with Crippen LogP contribution in [-0.4, -0.2) is 23.6 Å². The van der Waals surface area contributed by atoms with Crippen molar-refractivity contribution in [2.24, 2.45) is 41.4 Å². The molecule has 8 unspecified atom stereocenters. The van der Waals surface area contributed by atoms with E-state index in [-0.39, 0.29) is 36.2 Å². The van der Waals surface area contributed by atoms with E-state index in [2.05, 4.69) is 0 Å². The molecule has 0 aromatic carbocycles. The molecule has 108 valence electrons. The van der Waals surface area contributed by atoms with Gasteiger partial charge in [-0.15, -0.1) is 0 Å². The van der Waals surface area contributed by atoms with Gasteiger partial charge in [-0.25, -0.2) is 8.78 Å². The fourth-order valence-corrected chi connectivity index (χ4v) is 6.17. The SMILES string of the molecule is OC1CC2CC1C1C3CC(C21)C(C(F)(F)C(F)F)C3. The van der Waals surface area contributed by atoms with Crippen LogP contribution in [0.15, 0.2) is 0 Å². The van der Waals surface area contributed by atoms with Gasteiger partial charge in [0.1, 0.15) is 0 Å². The lowest BCUT2D eigenvalue weighted by atomic mass is 9.65. The van der Waals surface area contributed by atoms with Gasteiger partial charge in [-0.2, -0.15) is 8.78 Å². The molecule has 0 aromatic rings. The Morgan fingerprint density at radius 3 is 2.16 bits per heavy atom. The van der Waals surface area contributed by atoms with E-state index in [0.29, 0.717) is 24.7 Å². The Bertz CT molecular complexity index is 399. The highest BCUT2D eigenvalue weighted by atomic mass is 19.3. The summed E-state index contributed by atoms with van der Waals surface area (Å²) in [5.41, 5.74) is 0. The summed E-state index contributed by atoms with van der Waals surface area (Å²) in [7, 11) is 0. The molecule has 0 aromatic heterocycles. The van der Waals surface area contributed by atoms with Crippen LogP contribution in [-0.2, 0) is 0 Å². The summed E-state index contributed by atoms with van der Waals surface area (Å²) in [6.45, 7) is 0. The van der Waals surface area contributed by atoms with E-state index in [9.17, 15) is 22.7 Å². The van der Waals surface area contributed by atoms with Crippen LogP contribution in [0.1, 0.15) is 25.7 Å². The van der Waals surface area contributed by atoms with E-state index in [4.69, 9.17) is 0 Å². The molecule has 8 atom stereocenters. The molecule has 0 heterocycles. The van der Waals surface area contributed by atoms with Crippen molar-refractivity contribution in [3.8, 4) is 0 Å². The van der Waals surface area contributed by atoms with E-state index in [0.717, 1.165) is 6.42 Å². The van der Waals surface area contributed by atoms with Crippen molar-refractivity contribution in [1.29, 1.82) is 0 Å². The number of aliphatic hydroxyl groups is 1. The second kappa shape index (κ2) is 3.66. The maximum absolute atomic E-state index is 13.7. The second-order valence-electron chi connectivity index (χ2n) is 7.09. The first-order chi connectivity index (χ1) is 8.91. The maximum atomic E-state index is 13.7. The Labute approximate surface area is 109 Å². The van der Waals surface area contributed by atoms with Gasteiger partial charge in [0.15, 0.2) is 0 Å². The van der Waals surface area contributed by atoms with Crippen LogP contribution < -0.4 is 0 Å². The minimum atomic E-state index is -3.83. The first-order valence-electron chi connectivity index (χ1n) is 7.25. The van der Waals surface area contributed by atoms with Gasteiger partial charge in [0, 0.05) is 5.92 Å². The highest BCUT2D eigenvalue weighted by Crippen LogP contribution is 2.70. The van der Waals surface area contributed by atoms with Crippen LogP contribution in [0, 0.1) is 41.4 Å². The molecule has 4 aliphatic rings. The lowest BCUT2D eigenvalue weighted by Gasteiger charge is -2.42. The van der Waals surface area contributed by atoms with Crippen LogP contribution >= 0.6 is 0 Å². The molecule has 0 amide bonds. The molecular weight excluding hydrogens is 260 g/mol. The Morgan fingerprint density at radius 2 is 1.47 bits per heavy atom. The first kappa shape index (κ1) is 12.4. The van der Waals surface area contributed by atoms with E-state index in [1.165, 1.54) is 0 Å². The Hall–Kier alpha value is -0.320. The lowest BCUT2D eigenvalue weighted by molar-refractivity contribution is -0.186. The maximum Gasteiger partial charge on any atom is 0.310 e. The van der Waals surface area contributed by atoms with Crippen LogP contribution in [0.3, 0.4) is 0 Å². The highest BCUT2D eigenvalue weighted by molar-refractivity contribution is 5.14. The Kier molecular flexibility index (Phi) is 2.39. The number of hydrogen-bond donors (Lipinski definition) is 1. The summed E-state index contributed by atoms with van der Waals surface area (Å²) in [6.07, 6.45) is -1.28. The fourth-order valence-electron chi connectivity index (χ4n) is 6.17. The molecule has 4 saturated carbocycles. The number of fused-ring (bicyclic) bond motifs is 9. The molecule has 1 N–H and O–H groups in total. The van der Waals surface area contributed by atoms with Crippen molar-refractivity contribution in [3.63, 3.8) is 0 Å². The number of rotatable bonds is 2. The van der Waals surface area contributed by atoms with Crippen LogP contribution in [0.4, 0.5) is 17.6 Å². The topological polar surface area (TPSA) is 20.2 Å². The fraction of sp³-hybridized carbons (Fsp3) is 1.00. The summed E-state index contributed by atoms with van der Waals surface area (Å²) < 4.78 is 52.6. The average Bonchev–Trinajstić information content (AvgIpc) is 3.03. The molecule has 0 aliphatic heterocycles. The van der Waals surface area contributed by atoms with Gasteiger partial charge < -0.3 is 5.11 Å². The molecular formula is C14H18F4O. The number of aliphatic hydroxyl groups excluding tert-OH is 1. The molecule has 1 nitrogen and oxygen atoms in total. The second-order valence-corrected chi connectivity index (χ2v) is 7.09. The van der Waals surface area contributed by atoms with Crippen molar-refractivity contribution in [3.05, 3.63) is 0 Å². The summed E-state index contributed by atoms with van der Waals surface area (Å²) in [5, 5.41) is 9.94. The monoisotopic (exact) mass is 278 g/mol. The third-order valence-corrected chi connectivity index (χ3v) is 6.57. The molecule has 4 rings (SSSR count). The zero-order chi connectivity index (χ0) is 13.5. The zero-order valence-corrected chi connectivity index (χ0v) is 10.5. The summed E-state index contributed by atoms with van der Waals surface area (Å²) in [5.74, 6) is -3.97. The molecule has 5 heteroatoms. The lowest BCUT2D eigenvalue weighted by Crippen LogP contribution is -2.45.